The monoisotopic (exact) mass is 453 g/mol. The number of benzene rings is 2. The minimum atomic E-state index is -0.565. The Morgan fingerprint density at radius 1 is 1.30 bits per heavy atom. The van der Waals surface area contributed by atoms with Crippen LogP contribution in [0.25, 0.3) is 11.1 Å². The van der Waals surface area contributed by atoms with Crippen LogP contribution in [0.1, 0.15) is 31.3 Å². The van der Waals surface area contributed by atoms with Gasteiger partial charge >= 0.3 is 6.09 Å². The number of carbonyl (C=O) groups excluding carboxylic acids is 2. The summed E-state index contributed by atoms with van der Waals surface area (Å²) in [6.07, 6.45) is -1.04. The molecule has 2 heterocycles. The zero-order valence-electron chi connectivity index (χ0n) is 18.2. The summed E-state index contributed by atoms with van der Waals surface area (Å²) in [7, 11) is 0. The van der Waals surface area contributed by atoms with Gasteiger partial charge in [0, 0.05) is 19.0 Å². The topological polar surface area (TPSA) is 125 Å². The number of anilines is 1. The van der Waals surface area contributed by atoms with Crippen molar-refractivity contribution in [1.82, 2.24) is 31.3 Å². The Morgan fingerprint density at radius 2 is 2.09 bits per heavy atom. The van der Waals surface area contributed by atoms with E-state index in [1.807, 2.05) is 31.2 Å². The highest BCUT2D eigenvalue weighted by atomic mass is 19.1. The molecule has 3 aromatic rings. The molecular weight excluding hydrogens is 429 g/mol. The van der Waals surface area contributed by atoms with Gasteiger partial charge in [0.05, 0.1) is 24.8 Å². The zero-order valence-corrected chi connectivity index (χ0v) is 18.2. The van der Waals surface area contributed by atoms with E-state index in [0.29, 0.717) is 23.6 Å². The molecule has 0 radical (unpaired) electrons. The number of ether oxygens (including phenoxy) is 1. The number of amides is 2. The lowest BCUT2D eigenvalue weighted by Gasteiger charge is -2.15. The van der Waals surface area contributed by atoms with Gasteiger partial charge in [0.2, 0.25) is 5.91 Å². The van der Waals surface area contributed by atoms with Crippen molar-refractivity contribution in [2.75, 3.05) is 18.0 Å². The molecule has 2 amide bonds. The van der Waals surface area contributed by atoms with Gasteiger partial charge in [-0.3, -0.25) is 9.69 Å². The Balaban J connectivity index is 1.39. The van der Waals surface area contributed by atoms with Gasteiger partial charge in [-0.05, 0) is 46.7 Å². The first-order valence-corrected chi connectivity index (χ1v) is 10.5. The van der Waals surface area contributed by atoms with Crippen LogP contribution in [0.5, 0.6) is 0 Å². The maximum atomic E-state index is 14.9. The molecule has 4 rings (SSSR count). The molecule has 1 saturated heterocycles. The maximum Gasteiger partial charge on any atom is 0.414 e. The third kappa shape index (κ3) is 5.32. The number of hydrogen-bond donors (Lipinski definition) is 3. The molecule has 0 spiro atoms. The number of nitrogens with one attached hydrogen (secondary N) is 3. The van der Waals surface area contributed by atoms with Crippen molar-refractivity contribution < 1.29 is 18.7 Å². The standard InChI is InChI=1S/C22H24FN7O3/c1-13(21-26-28-29-27-21)24-10-15-3-5-16(6-4-15)19-8-7-17(9-20(19)23)30-12-18(33-22(30)32)11-25-14(2)31/h3-9,13,18,24H,10-12H2,1-2H3,(H,25,31)(H,26,27,28,29)/t13?,18-/m0/s1. The van der Waals surface area contributed by atoms with Crippen LogP contribution in [0.3, 0.4) is 0 Å². The van der Waals surface area contributed by atoms with Crippen molar-refractivity contribution in [1.29, 1.82) is 0 Å². The summed E-state index contributed by atoms with van der Waals surface area (Å²) in [4.78, 5) is 24.6. The molecule has 1 fully saturated rings. The number of rotatable bonds is 8. The van der Waals surface area contributed by atoms with Crippen molar-refractivity contribution in [2.24, 2.45) is 0 Å². The number of hydrogen-bond acceptors (Lipinski definition) is 7. The van der Waals surface area contributed by atoms with E-state index in [2.05, 4.69) is 31.3 Å². The Morgan fingerprint density at radius 3 is 2.76 bits per heavy atom. The molecule has 3 N–H and O–H groups in total. The molecule has 0 saturated carbocycles. The minimum Gasteiger partial charge on any atom is -0.442 e. The molecule has 11 heteroatoms. The lowest BCUT2D eigenvalue weighted by atomic mass is 10.0. The van der Waals surface area contributed by atoms with Gasteiger partial charge in [-0.25, -0.2) is 14.3 Å². The van der Waals surface area contributed by atoms with E-state index in [9.17, 15) is 14.0 Å². The predicted octanol–water partition coefficient (Wildman–Crippen LogP) is 2.32. The first-order valence-electron chi connectivity index (χ1n) is 10.5. The zero-order chi connectivity index (χ0) is 23.4. The van der Waals surface area contributed by atoms with Crippen LogP contribution in [0.2, 0.25) is 0 Å². The highest BCUT2D eigenvalue weighted by Crippen LogP contribution is 2.29. The van der Waals surface area contributed by atoms with Gasteiger partial charge in [-0.2, -0.15) is 0 Å². The summed E-state index contributed by atoms with van der Waals surface area (Å²) < 4.78 is 20.1. The number of aromatic nitrogens is 4. The lowest BCUT2D eigenvalue weighted by molar-refractivity contribution is -0.119. The maximum absolute atomic E-state index is 14.9. The number of cyclic esters (lactones) is 1. The van der Waals surface area contributed by atoms with Gasteiger partial charge in [0.25, 0.3) is 0 Å². The highest BCUT2D eigenvalue weighted by molar-refractivity contribution is 5.90. The third-order valence-corrected chi connectivity index (χ3v) is 5.37. The van der Waals surface area contributed by atoms with E-state index in [1.165, 1.54) is 17.9 Å². The van der Waals surface area contributed by atoms with Crippen LogP contribution >= 0.6 is 0 Å². The van der Waals surface area contributed by atoms with Crippen molar-refractivity contribution in [3.8, 4) is 11.1 Å². The van der Waals surface area contributed by atoms with Crippen molar-refractivity contribution in [3.63, 3.8) is 0 Å². The van der Waals surface area contributed by atoms with Crippen molar-refractivity contribution in [2.45, 2.75) is 32.5 Å². The Hall–Kier alpha value is -3.86. The Kier molecular flexibility index (Phi) is 6.59. The van der Waals surface area contributed by atoms with Crippen LogP contribution in [-0.2, 0) is 16.1 Å². The average molecular weight is 453 g/mol. The summed E-state index contributed by atoms with van der Waals surface area (Å²) in [5.41, 5.74) is 2.59. The van der Waals surface area contributed by atoms with Gasteiger partial charge in [-0.1, -0.05) is 24.3 Å². The van der Waals surface area contributed by atoms with Gasteiger partial charge in [-0.15, -0.1) is 5.10 Å². The third-order valence-electron chi connectivity index (χ3n) is 5.37. The van der Waals surface area contributed by atoms with E-state index >= 15 is 0 Å². The fourth-order valence-corrected chi connectivity index (χ4v) is 3.52. The molecule has 2 atom stereocenters. The predicted molar refractivity (Wildman–Crippen MR) is 118 cm³/mol. The molecule has 2 aromatic carbocycles. The summed E-state index contributed by atoms with van der Waals surface area (Å²) in [5.74, 6) is 0.00311. The highest BCUT2D eigenvalue weighted by Gasteiger charge is 2.32. The van der Waals surface area contributed by atoms with Crippen molar-refractivity contribution in [3.05, 3.63) is 59.7 Å². The van der Waals surface area contributed by atoms with E-state index in [4.69, 9.17) is 4.74 Å². The SMILES string of the molecule is CC(=O)NC[C@H]1CN(c2ccc(-c3ccc(CNC(C)c4nnn[nH]4)cc3)c(F)c2)C(=O)O1. The van der Waals surface area contributed by atoms with E-state index in [0.717, 1.165) is 11.1 Å². The molecule has 1 aliphatic rings. The molecule has 1 aliphatic heterocycles. The summed E-state index contributed by atoms with van der Waals surface area (Å²) in [5, 5.41) is 19.7. The Labute approximate surface area is 189 Å². The van der Waals surface area contributed by atoms with E-state index in [-0.39, 0.29) is 25.0 Å². The molecule has 0 aliphatic carbocycles. The molecule has 0 bridgehead atoms. The number of tetrazole rings is 1. The number of carbonyl (C=O) groups is 2. The van der Waals surface area contributed by atoms with E-state index in [1.54, 1.807) is 12.1 Å². The fourth-order valence-electron chi connectivity index (χ4n) is 3.52. The second kappa shape index (κ2) is 9.74. The van der Waals surface area contributed by atoms with Crippen LogP contribution < -0.4 is 15.5 Å². The van der Waals surface area contributed by atoms with Gasteiger partial charge in [0.1, 0.15) is 11.9 Å². The number of H-pyrrole nitrogens is 1. The molecule has 10 nitrogen and oxygen atoms in total. The van der Waals surface area contributed by atoms with Crippen LogP contribution in [0.15, 0.2) is 42.5 Å². The molecule has 1 unspecified atom stereocenters. The smallest absolute Gasteiger partial charge is 0.414 e. The quantitative estimate of drug-likeness (QED) is 0.478. The van der Waals surface area contributed by atoms with Gasteiger partial charge < -0.3 is 15.4 Å². The van der Waals surface area contributed by atoms with E-state index < -0.39 is 18.0 Å². The largest absolute Gasteiger partial charge is 0.442 e. The average Bonchev–Trinajstić information content (AvgIpc) is 3.46. The second-order valence-electron chi connectivity index (χ2n) is 7.80. The molecule has 33 heavy (non-hydrogen) atoms. The first kappa shape index (κ1) is 22.3. The van der Waals surface area contributed by atoms with Crippen LogP contribution in [0, 0.1) is 5.82 Å². The second-order valence-corrected chi connectivity index (χ2v) is 7.80. The Bertz CT molecular complexity index is 1120. The normalized spacial score (nSPS) is 16.5. The number of aromatic amines is 1. The molecule has 1 aromatic heterocycles. The van der Waals surface area contributed by atoms with Crippen molar-refractivity contribution >= 4 is 17.7 Å². The summed E-state index contributed by atoms with van der Waals surface area (Å²) >= 11 is 0. The summed E-state index contributed by atoms with van der Waals surface area (Å²) in [6, 6.07) is 12.2. The lowest BCUT2D eigenvalue weighted by Crippen LogP contribution is -2.33. The number of halogens is 1. The summed E-state index contributed by atoms with van der Waals surface area (Å²) in [6.45, 7) is 4.39. The molecular formula is C22H24FN7O3. The van der Waals surface area contributed by atoms with Crippen LogP contribution in [-0.4, -0.2) is 51.8 Å². The van der Waals surface area contributed by atoms with Gasteiger partial charge in [0.15, 0.2) is 5.82 Å². The molecule has 172 valence electrons. The first-order chi connectivity index (χ1) is 15.9. The van der Waals surface area contributed by atoms with Crippen LogP contribution in [0.4, 0.5) is 14.9 Å². The number of nitrogens with zero attached hydrogens (tertiary/aromatic N) is 4. The fraction of sp³-hybridized carbons (Fsp3) is 0.318. The minimum absolute atomic E-state index is 0.0419.